The maximum atomic E-state index is 11.5. The molecule has 116 valence electrons. The maximum Gasteiger partial charge on any atom is 0.320 e. The minimum atomic E-state index is -1.10. The Morgan fingerprint density at radius 1 is 1.43 bits per heavy atom. The molecule has 2 aromatic heterocycles. The molecule has 0 unspecified atom stereocenters. The second-order valence-electron chi connectivity index (χ2n) is 4.02. The first-order valence-corrected chi connectivity index (χ1v) is 7.01. The van der Waals surface area contributed by atoms with Crippen molar-refractivity contribution in [1.29, 1.82) is 10.5 Å². The Kier molecular flexibility index (Phi) is 4.91. The number of carbonyl (C=O) groups is 1. The van der Waals surface area contributed by atoms with Crippen molar-refractivity contribution < 1.29 is 4.79 Å². The molecule has 0 atom stereocenters. The molecule has 0 radical (unpaired) electrons. The lowest BCUT2D eigenvalue weighted by atomic mass is 10.2. The third-order valence-electron chi connectivity index (χ3n) is 2.65. The summed E-state index contributed by atoms with van der Waals surface area (Å²) in [5, 5.41) is 38.4. The van der Waals surface area contributed by atoms with Gasteiger partial charge >= 0.3 is 6.03 Å². The number of rotatable bonds is 4. The molecule has 2 aromatic rings. The molecule has 12 heteroatoms. The van der Waals surface area contributed by atoms with Gasteiger partial charge in [0.2, 0.25) is 0 Å². The number of azo groups is 1. The standard InChI is InChI=1S/C11H10N10OS/c1-14-10(22)17-7-9(18-20-11-19-15-5-23-11)21(2)8(16-7)6(3-12)4-13/h5-6H,1-2H3,(H2,14,17,22). The Balaban J connectivity index is 2.46. The van der Waals surface area contributed by atoms with E-state index in [2.05, 4.69) is 36.0 Å². The van der Waals surface area contributed by atoms with Gasteiger partial charge in [0.1, 0.15) is 11.3 Å². The summed E-state index contributed by atoms with van der Waals surface area (Å²) < 4.78 is 1.41. The van der Waals surface area contributed by atoms with Crippen LogP contribution in [0, 0.1) is 22.7 Å². The molecule has 0 aliphatic carbocycles. The summed E-state index contributed by atoms with van der Waals surface area (Å²) in [4.78, 5) is 15.6. The van der Waals surface area contributed by atoms with E-state index in [1.54, 1.807) is 7.05 Å². The molecule has 0 fully saturated rings. The Labute approximate surface area is 134 Å². The van der Waals surface area contributed by atoms with Crippen LogP contribution in [-0.4, -0.2) is 32.8 Å². The Bertz CT molecular complexity index is 795. The van der Waals surface area contributed by atoms with Crippen molar-refractivity contribution in [2.75, 3.05) is 12.4 Å². The summed E-state index contributed by atoms with van der Waals surface area (Å²) in [5.41, 5.74) is 1.49. The van der Waals surface area contributed by atoms with Crippen molar-refractivity contribution in [1.82, 2.24) is 25.1 Å². The molecule has 11 nitrogen and oxygen atoms in total. The lowest BCUT2D eigenvalue weighted by molar-refractivity contribution is 0.254. The molecule has 0 saturated carbocycles. The Morgan fingerprint density at radius 3 is 2.74 bits per heavy atom. The lowest BCUT2D eigenvalue weighted by Gasteiger charge is -2.02. The van der Waals surface area contributed by atoms with Crippen LogP contribution in [0.3, 0.4) is 0 Å². The van der Waals surface area contributed by atoms with E-state index in [4.69, 9.17) is 10.5 Å². The molecular weight excluding hydrogens is 320 g/mol. The van der Waals surface area contributed by atoms with Crippen molar-refractivity contribution in [2.24, 2.45) is 17.3 Å². The van der Waals surface area contributed by atoms with Gasteiger partial charge in [0.05, 0.1) is 12.1 Å². The summed E-state index contributed by atoms with van der Waals surface area (Å²) in [6, 6.07) is 3.12. The maximum absolute atomic E-state index is 11.5. The summed E-state index contributed by atoms with van der Waals surface area (Å²) in [7, 11) is 3.00. The molecule has 23 heavy (non-hydrogen) atoms. The molecular formula is C11H10N10OS. The van der Waals surface area contributed by atoms with Crippen LogP contribution < -0.4 is 10.6 Å². The average molecular weight is 330 g/mol. The van der Waals surface area contributed by atoms with Gasteiger partial charge in [-0.3, -0.25) is 5.32 Å². The fourth-order valence-electron chi connectivity index (χ4n) is 1.58. The number of urea groups is 1. The number of carbonyl (C=O) groups excluding carboxylic acids is 1. The highest BCUT2D eigenvalue weighted by Gasteiger charge is 2.23. The van der Waals surface area contributed by atoms with E-state index < -0.39 is 11.9 Å². The molecule has 2 N–H and O–H groups in total. The van der Waals surface area contributed by atoms with E-state index >= 15 is 0 Å². The van der Waals surface area contributed by atoms with Crippen LogP contribution in [0.15, 0.2) is 15.7 Å². The second-order valence-corrected chi connectivity index (χ2v) is 4.83. The van der Waals surface area contributed by atoms with Gasteiger partial charge in [0, 0.05) is 14.1 Å². The number of hydrogen-bond acceptors (Lipinski definition) is 9. The molecule has 0 saturated heterocycles. The summed E-state index contributed by atoms with van der Waals surface area (Å²) in [6.07, 6.45) is 0. The van der Waals surface area contributed by atoms with Gasteiger partial charge in [-0.05, 0) is 0 Å². The Morgan fingerprint density at radius 2 is 2.17 bits per heavy atom. The number of aromatic nitrogens is 4. The minimum Gasteiger partial charge on any atom is -0.341 e. The lowest BCUT2D eigenvalue weighted by Crippen LogP contribution is -2.24. The normalized spacial score (nSPS) is 10.5. The number of nitriles is 2. The summed E-state index contributed by atoms with van der Waals surface area (Å²) in [6.45, 7) is 0. The SMILES string of the molecule is CNC(=O)Nc1nc(C(C#N)C#N)n(C)c1N=Nc1nncs1. The van der Waals surface area contributed by atoms with E-state index in [1.165, 1.54) is 28.5 Å². The van der Waals surface area contributed by atoms with Gasteiger partial charge < -0.3 is 9.88 Å². The van der Waals surface area contributed by atoms with Crippen molar-refractivity contribution in [3.63, 3.8) is 0 Å². The molecule has 2 rings (SSSR count). The summed E-state index contributed by atoms with van der Waals surface area (Å²) >= 11 is 1.18. The summed E-state index contributed by atoms with van der Waals surface area (Å²) in [5.74, 6) is -0.705. The van der Waals surface area contributed by atoms with Crippen molar-refractivity contribution in [2.45, 2.75) is 5.92 Å². The fraction of sp³-hybridized carbons (Fsp3) is 0.273. The van der Waals surface area contributed by atoms with Gasteiger partial charge in [-0.25, -0.2) is 9.78 Å². The van der Waals surface area contributed by atoms with Gasteiger partial charge in [-0.15, -0.1) is 20.4 Å². The minimum absolute atomic E-state index is 0.0746. The molecule has 0 bridgehead atoms. The van der Waals surface area contributed by atoms with Crippen molar-refractivity contribution in [3.05, 3.63) is 11.3 Å². The zero-order valence-corrected chi connectivity index (χ0v) is 12.9. The zero-order chi connectivity index (χ0) is 16.8. The van der Waals surface area contributed by atoms with E-state index in [0.29, 0.717) is 5.13 Å². The van der Waals surface area contributed by atoms with Crippen LogP contribution in [0.4, 0.5) is 21.6 Å². The van der Waals surface area contributed by atoms with E-state index in [0.717, 1.165) is 0 Å². The van der Waals surface area contributed by atoms with Crippen molar-refractivity contribution >= 4 is 34.1 Å². The van der Waals surface area contributed by atoms with Crippen LogP contribution in [0.2, 0.25) is 0 Å². The van der Waals surface area contributed by atoms with Crippen LogP contribution in [0.25, 0.3) is 0 Å². The molecule has 0 spiro atoms. The monoisotopic (exact) mass is 330 g/mol. The number of nitrogens with one attached hydrogen (secondary N) is 2. The number of imidazole rings is 1. The number of amides is 2. The predicted octanol–water partition coefficient (Wildman–Crippen LogP) is 1.57. The number of anilines is 1. The first kappa shape index (κ1) is 16.0. The third-order valence-corrected chi connectivity index (χ3v) is 3.23. The van der Waals surface area contributed by atoms with Crippen LogP contribution in [0.5, 0.6) is 0 Å². The van der Waals surface area contributed by atoms with Gasteiger partial charge in [0.15, 0.2) is 17.6 Å². The Hall–Kier alpha value is -3.38. The van der Waals surface area contributed by atoms with Crippen molar-refractivity contribution in [3.8, 4) is 12.1 Å². The predicted molar refractivity (Wildman–Crippen MR) is 79.3 cm³/mol. The van der Waals surface area contributed by atoms with Gasteiger partial charge in [-0.2, -0.15) is 10.5 Å². The quantitative estimate of drug-likeness (QED) is 0.810. The van der Waals surface area contributed by atoms with Crippen LogP contribution in [0.1, 0.15) is 11.7 Å². The highest BCUT2D eigenvalue weighted by molar-refractivity contribution is 7.13. The first-order chi connectivity index (χ1) is 11.1. The van der Waals surface area contributed by atoms with E-state index in [9.17, 15) is 4.79 Å². The molecule has 0 aliphatic rings. The van der Waals surface area contributed by atoms with Crippen LogP contribution in [-0.2, 0) is 7.05 Å². The average Bonchev–Trinajstić information content (AvgIpc) is 3.16. The highest BCUT2D eigenvalue weighted by atomic mass is 32.1. The molecule has 0 aromatic carbocycles. The van der Waals surface area contributed by atoms with E-state index in [1.807, 2.05) is 12.1 Å². The topological polar surface area (TPSA) is 157 Å². The van der Waals surface area contributed by atoms with E-state index in [-0.39, 0.29) is 17.5 Å². The zero-order valence-electron chi connectivity index (χ0n) is 12.0. The fourth-order valence-corrected chi connectivity index (χ4v) is 1.95. The van der Waals surface area contributed by atoms with Crippen LogP contribution >= 0.6 is 11.3 Å². The highest BCUT2D eigenvalue weighted by Crippen LogP contribution is 2.30. The number of nitrogens with zero attached hydrogens (tertiary/aromatic N) is 8. The second kappa shape index (κ2) is 7.06. The molecule has 2 amide bonds. The third kappa shape index (κ3) is 3.45. The smallest absolute Gasteiger partial charge is 0.320 e. The molecule has 0 aliphatic heterocycles. The largest absolute Gasteiger partial charge is 0.341 e. The number of hydrogen-bond donors (Lipinski definition) is 2. The molecule has 2 heterocycles. The van der Waals surface area contributed by atoms with Gasteiger partial charge in [-0.1, -0.05) is 11.3 Å². The van der Waals surface area contributed by atoms with Gasteiger partial charge in [0.25, 0.3) is 5.13 Å². The first-order valence-electron chi connectivity index (χ1n) is 6.13.